The SMILES string of the molecule is CC(C(=O)N1C[C@H]2CN(C(=O)c3ccc4cccnc4n3)C[C@H]2C1)C1CC1. The Kier molecular flexibility index (Phi) is 3.88. The molecule has 2 aliphatic heterocycles. The molecule has 1 aliphatic carbocycles. The van der Waals surface area contributed by atoms with Gasteiger partial charge in [0.2, 0.25) is 5.91 Å². The van der Waals surface area contributed by atoms with Gasteiger partial charge in [0.1, 0.15) is 5.69 Å². The van der Waals surface area contributed by atoms with Gasteiger partial charge in [0.15, 0.2) is 5.65 Å². The molecule has 3 atom stereocenters. The number of carbonyl (C=O) groups excluding carboxylic acids is 2. The van der Waals surface area contributed by atoms with Crippen molar-refractivity contribution in [1.82, 2.24) is 19.8 Å². The number of amides is 2. The van der Waals surface area contributed by atoms with E-state index in [1.807, 2.05) is 28.0 Å². The summed E-state index contributed by atoms with van der Waals surface area (Å²) in [5.74, 6) is 1.83. The van der Waals surface area contributed by atoms with Crippen LogP contribution in [0.5, 0.6) is 0 Å². The highest BCUT2D eigenvalue weighted by atomic mass is 16.2. The normalized spacial score (nSPS) is 25.7. The lowest BCUT2D eigenvalue weighted by atomic mass is 10.0. The van der Waals surface area contributed by atoms with Crippen molar-refractivity contribution in [3.05, 3.63) is 36.2 Å². The fraction of sp³-hybridized carbons (Fsp3) is 0.524. The second-order valence-electron chi connectivity index (χ2n) is 8.35. The van der Waals surface area contributed by atoms with Gasteiger partial charge in [-0.1, -0.05) is 6.92 Å². The highest BCUT2D eigenvalue weighted by Crippen LogP contribution is 2.39. The summed E-state index contributed by atoms with van der Waals surface area (Å²) in [5, 5.41) is 0.936. The zero-order valence-corrected chi connectivity index (χ0v) is 15.5. The Hall–Kier alpha value is -2.50. The zero-order chi connectivity index (χ0) is 18.5. The third-order valence-corrected chi connectivity index (χ3v) is 6.49. The minimum atomic E-state index is -0.0267. The van der Waals surface area contributed by atoms with Crippen LogP contribution in [0.3, 0.4) is 0 Å². The van der Waals surface area contributed by atoms with Crippen LogP contribution >= 0.6 is 0 Å². The fourth-order valence-corrected chi connectivity index (χ4v) is 4.66. The molecule has 27 heavy (non-hydrogen) atoms. The Labute approximate surface area is 158 Å². The predicted octanol–water partition coefficient (Wildman–Crippen LogP) is 2.21. The van der Waals surface area contributed by atoms with Gasteiger partial charge >= 0.3 is 0 Å². The molecule has 2 aromatic heterocycles. The Bertz CT molecular complexity index is 896. The molecule has 0 aromatic carbocycles. The average molecular weight is 364 g/mol. The maximum Gasteiger partial charge on any atom is 0.272 e. The number of carbonyl (C=O) groups is 2. The average Bonchev–Trinajstić information content (AvgIpc) is 3.35. The highest BCUT2D eigenvalue weighted by molar-refractivity contribution is 5.94. The number of pyridine rings is 2. The van der Waals surface area contributed by atoms with Crippen molar-refractivity contribution in [2.24, 2.45) is 23.7 Å². The van der Waals surface area contributed by atoms with E-state index < -0.39 is 0 Å². The van der Waals surface area contributed by atoms with Crippen LogP contribution in [-0.4, -0.2) is 57.8 Å². The summed E-state index contributed by atoms with van der Waals surface area (Å²) in [5.41, 5.74) is 1.06. The lowest BCUT2D eigenvalue weighted by molar-refractivity contribution is -0.134. The molecule has 0 radical (unpaired) electrons. The Morgan fingerprint density at radius 1 is 1.04 bits per heavy atom. The third kappa shape index (κ3) is 2.97. The topological polar surface area (TPSA) is 66.4 Å². The summed E-state index contributed by atoms with van der Waals surface area (Å²) < 4.78 is 0. The molecule has 2 amide bonds. The maximum absolute atomic E-state index is 12.9. The Balaban J connectivity index is 1.25. The van der Waals surface area contributed by atoms with E-state index in [-0.39, 0.29) is 11.8 Å². The molecule has 0 N–H and O–H groups in total. The molecule has 140 valence electrons. The van der Waals surface area contributed by atoms with Crippen LogP contribution in [0.1, 0.15) is 30.3 Å². The van der Waals surface area contributed by atoms with E-state index in [1.165, 1.54) is 12.8 Å². The number of hydrogen-bond acceptors (Lipinski definition) is 4. The smallest absolute Gasteiger partial charge is 0.272 e. The summed E-state index contributed by atoms with van der Waals surface area (Å²) in [6.07, 6.45) is 4.09. The molecule has 2 saturated heterocycles. The van der Waals surface area contributed by atoms with E-state index >= 15 is 0 Å². The summed E-state index contributed by atoms with van der Waals surface area (Å²) >= 11 is 0. The van der Waals surface area contributed by atoms with Gasteiger partial charge in [0.25, 0.3) is 5.91 Å². The number of likely N-dealkylation sites (tertiary alicyclic amines) is 2. The van der Waals surface area contributed by atoms with E-state index in [2.05, 4.69) is 16.9 Å². The minimum absolute atomic E-state index is 0.0267. The van der Waals surface area contributed by atoms with Crippen molar-refractivity contribution in [1.29, 1.82) is 0 Å². The summed E-state index contributed by atoms with van der Waals surface area (Å²) in [6, 6.07) is 7.50. The number of aromatic nitrogens is 2. The molecule has 0 bridgehead atoms. The molecular weight excluding hydrogens is 340 g/mol. The molecule has 5 rings (SSSR count). The first kappa shape index (κ1) is 16.7. The number of fused-ring (bicyclic) bond motifs is 2. The number of hydrogen-bond donors (Lipinski definition) is 0. The molecule has 0 spiro atoms. The van der Waals surface area contributed by atoms with Crippen LogP contribution in [0.2, 0.25) is 0 Å². The van der Waals surface area contributed by atoms with Crippen LogP contribution in [0.15, 0.2) is 30.5 Å². The van der Waals surface area contributed by atoms with Crippen LogP contribution in [0.4, 0.5) is 0 Å². The Morgan fingerprint density at radius 3 is 2.44 bits per heavy atom. The van der Waals surface area contributed by atoms with Crippen LogP contribution < -0.4 is 0 Å². The molecule has 3 aliphatic rings. The molecule has 1 unspecified atom stereocenters. The number of nitrogens with zero attached hydrogens (tertiary/aromatic N) is 4. The van der Waals surface area contributed by atoms with Crippen LogP contribution in [0.25, 0.3) is 11.0 Å². The van der Waals surface area contributed by atoms with Gasteiger partial charge in [-0.3, -0.25) is 9.59 Å². The molecular formula is C21H24N4O2. The lowest BCUT2D eigenvalue weighted by Crippen LogP contribution is -2.38. The van der Waals surface area contributed by atoms with Crippen LogP contribution in [0, 0.1) is 23.7 Å². The largest absolute Gasteiger partial charge is 0.342 e. The van der Waals surface area contributed by atoms with Gasteiger partial charge in [-0.2, -0.15) is 0 Å². The van der Waals surface area contributed by atoms with E-state index in [4.69, 9.17) is 0 Å². The first-order chi connectivity index (χ1) is 13.1. The van der Waals surface area contributed by atoms with Gasteiger partial charge in [-0.15, -0.1) is 0 Å². The van der Waals surface area contributed by atoms with Crippen molar-refractivity contribution < 1.29 is 9.59 Å². The van der Waals surface area contributed by atoms with E-state index in [1.54, 1.807) is 12.3 Å². The molecule has 6 nitrogen and oxygen atoms in total. The quantitative estimate of drug-likeness (QED) is 0.837. The predicted molar refractivity (Wildman–Crippen MR) is 101 cm³/mol. The van der Waals surface area contributed by atoms with Crippen molar-refractivity contribution in [2.45, 2.75) is 19.8 Å². The van der Waals surface area contributed by atoms with Crippen molar-refractivity contribution in [3.8, 4) is 0 Å². The second kappa shape index (κ2) is 6.29. The minimum Gasteiger partial charge on any atom is -0.342 e. The monoisotopic (exact) mass is 364 g/mol. The zero-order valence-electron chi connectivity index (χ0n) is 15.5. The summed E-state index contributed by atoms with van der Waals surface area (Å²) in [6.45, 7) is 5.08. The van der Waals surface area contributed by atoms with Crippen LogP contribution in [-0.2, 0) is 4.79 Å². The molecule has 2 aromatic rings. The number of rotatable bonds is 3. The maximum atomic E-state index is 12.9. The van der Waals surface area contributed by atoms with Gasteiger partial charge in [-0.05, 0) is 43.0 Å². The van der Waals surface area contributed by atoms with Crippen molar-refractivity contribution in [2.75, 3.05) is 26.2 Å². The van der Waals surface area contributed by atoms with Gasteiger partial charge in [-0.25, -0.2) is 9.97 Å². The summed E-state index contributed by atoms with van der Waals surface area (Å²) in [7, 11) is 0. The van der Waals surface area contributed by atoms with Gasteiger partial charge in [0, 0.05) is 55.5 Å². The third-order valence-electron chi connectivity index (χ3n) is 6.49. The first-order valence-electron chi connectivity index (χ1n) is 9.90. The molecule has 4 heterocycles. The van der Waals surface area contributed by atoms with E-state index in [9.17, 15) is 9.59 Å². The molecule has 6 heteroatoms. The fourth-order valence-electron chi connectivity index (χ4n) is 4.66. The van der Waals surface area contributed by atoms with Gasteiger partial charge in [0.05, 0.1) is 0 Å². The van der Waals surface area contributed by atoms with Gasteiger partial charge < -0.3 is 9.80 Å². The summed E-state index contributed by atoms with van der Waals surface area (Å²) in [4.78, 5) is 38.2. The lowest BCUT2D eigenvalue weighted by Gasteiger charge is -2.24. The van der Waals surface area contributed by atoms with E-state index in [0.717, 1.165) is 18.5 Å². The van der Waals surface area contributed by atoms with Crippen molar-refractivity contribution >= 4 is 22.8 Å². The second-order valence-corrected chi connectivity index (χ2v) is 8.35. The van der Waals surface area contributed by atoms with Crippen molar-refractivity contribution in [3.63, 3.8) is 0 Å². The Morgan fingerprint density at radius 2 is 1.74 bits per heavy atom. The molecule has 3 fully saturated rings. The first-order valence-corrected chi connectivity index (χ1v) is 9.90. The van der Waals surface area contributed by atoms with E-state index in [0.29, 0.717) is 48.1 Å². The molecule has 1 saturated carbocycles. The standard InChI is InChI=1S/C21H24N4O2/c1-13(14-4-5-14)20(26)24-9-16-11-25(12-17(16)10-24)21(27)18-7-6-15-3-2-8-22-19(15)23-18/h2-3,6-8,13-14,16-17H,4-5,9-12H2,1H3/t13?,16-,17+. The highest BCUT2D eigenvalue weighted by Gasteiger charge is 2.45.